The number of nitrogens with one attached hydrogen (secondary N) is 2. The van der Waals surface area contributed by atoms with Crippen LogP contribution >= 0.6 is 0 Å². The van der Waals surface area contributed by atoms with Gasteiger partial charge in [-0.15, -0.1) is 0 Å². The lowest BCUT2D eigenvalue weighted by atomic mass is 10.1. The van der Waals surface area contributed by atoms with Crippen molar-refractivity contribution in [2.75, 3.05) is 33.9 Å². The summed E-state index contributed by atoms with van der Waals surface area (Å²) in [6, 6.07) is 5.16. The van der Waals surface area contributed by atoms with Crippen LogP contribution in [0.3, 0.4) is 0 Å². The van der Waals surface area contributed by atoms with Crippen molar-refractivity contribution < 1.29 is 19.1 Å². The molecule has 0 radical (unpaired) electrons. The Hall–Kier alpha value is -2.28. The quantitative estimate of drug-likeness (QED) is 0.760. The number of hydrogen-bond donors (Lipinski definition) is 2. The van der Waals surface area contributed by atoms with E-state index in [-0.39, 0.29) is 18.2 Å². The molecule has 132 valence electrons. The Labute approximate surface area is 142 Å². The molecular formula is C17H25N3O4. The number of carbonyl (C=O) groups excluding carboxylic acids is 2. The van der Waals surface area contributed by atoms with Gasteiger partial charge in [0.2, 0.25) is 11.8 Å². The maximum atomic E-state index is 12.2. The number of rotatable bonds is 7. The van der Waals surface area contributed by atoms with Crippen molar-refractivity contribution in [1.29, 1.82) is 0 Å². The highest BCUT2D eigenvalue weighted by molar-refractivity contribution is 5.88. The molecule has 1 saturated heterocycles. The predicted molar refractivity (Wildman–Crippen MR) is 90.1 cm³/mol. The Kier molecular flexibility index (Phi) is 6.43. The summed E-state index contributed by atoms with van der Waals surface area (Å²) < 4.78 is 10.6. The van der Waals surface area contributed by atoms with Crippen LogP contribution in [0.1, 0.15) is 18.9 Å². The first-order valence-electron chi connectivity index (χ1n) is 8.07. The van der Waals surface area contributed by atoms with Crippen LogP contribution in [-0.2, 0) is 16.1 Å². The maximum Gasteiger partial charge on any atom is 0.237 e. The molecule has 0 aromatic heterocycles. The molecule has 7 heteroatoms. The number of piperazine rings is 1. The Morgan fingerprint density at radius 1 is 1.29 bits per heavy atom. The van der Waals surface area contributed by atoms with Gasteiger partial charge < -0.3 is 20.1 Å². The van der Waals surface area contributed by atoms with Crippen LogP contribution < -0.4 is 20.1 Å². The molecule has 1 aromatic carbocycles. The number of hydrogen-bond acceptors (Lipinski definition) is 5. The van der Waals surface area contributed by atoms with Crippen molar-refractivity contribution in [3.8, 4) is 11.5 Å². The van der Waals surface area contributed by atoms with Gasteiger partial charge in [0.15, 0.2) is 0 Å². The van der Waals surface area contributed by atoms with E-state index in [4.69, 9.17) is 9.47 Å². The van der Waals surface area contributed by atoms with E-state index in [1.165, 1.54) is 0 Å². The Morgan fingerprint density at radius 2 is 1.96 bits per heavy atom. The number of methoxy groups -OCH3 is 2. The van der Waals surface area contributed by atoms with Crippen LogP contribution in [0.5, 0.6) is 11.5 Å². The van der Waals surface area contributed by atoms with Crippen molar-refractivity contribution in [2.24, 2.45) is 0 Å². The topological polar surface area (TPSA) is 79.9 Å². The van der Waals surface area contributed by atoms with Crippen molar-refractivity contribution in [1.82, 2.24) is 15.5 Å². The Morgan fingerprint density at radius 3 is 2.54 bits per heavy atom. The fourth-order valence-corrected chi connectivity index (χ4v) is 2.81. The lowest BCUT2D eigenvalue weighted by Crippen LogP contribution is -2.56. The van der Waals surface area contributed by atoms with E-state index in [9.17, 15) is 9.59 Å². The number of nitrogens with zero attached hydrogens (tertiary/aromatic N) is 1. The second-order valence-electron chi connectivity index (χ2n) is 5.66. The molecule has 1 fully saturated rings. The normalized spacial score (nSPS) is 18.0. The molecule has 1 aliphatic rings. The van der Waals surface area contributed by atoms with Crippen molar-refractivity contribution in [3.05, 3.63) is 23.8 Å². The van der Waals surface area contributed by atoms with Gasteiger partial charge in [0, 0.05) is 32.2 Å². The van der Waals surface area contributed by atoms with E-state index in [0.29, 0.717) is 37.7 Å². The zero-order valence-electron chi connectivity index (χ0n) is 14.4. The molecule has 7 nitrogen and oxygen atoms in total. The summed E-state index contributed by atoms with van der Waals surface area (Å²) in [5.41, 5.74) is 0.974. The van der Waals surface area contributed by atoms with Gasteiger partial charge >= 0.3 is 0 Å². The van der Waals surface area contributed by atoms with E-state index >= 15 is 0 Å². The van der Waals surface area contributed by atoms with E-state index in [2.05, 4.69) is 10.6 Å². The summed E-state index contributed by atoms with van der Waals surface area (Å²) in [4.78, 5) is 26.1. The first kappa shape index (κ1) is 18.1. The first-order valence-corrected chi connectivity index (χ1v) is 8.07. The van der Waals surface area contributed by atoms with Gasteiger partial charge in [-0.2, -0.15) is 0 Å². The summed E-state index contributed by atoms with van der Waals surface area (Å²) in [6.45, 7) is 4.23. The third-order valence-electron chi connectivity index (χ3n) is 3.99. The SMILES string of the molecule is CCNC(=O)C[C@H]1C(=O)NCCN1Cc1cc(OC)cc(OC)c1. The second-order valence-corrected chi connectivity index (χ2v) is 5.66. The number of carbonyl (C=O) groups is 2. The summed E-state index contributed by atoms with van der Waals surface area (Å²) in [5, 5.41) is 5.58. The number of amides is 2. The lowest BCUT2D eigenvalue weighted by molar-refractivity contribution is -0.134. The Balaban J connectivity index is 2.15. The van der Waals surface area contributed by atoms with E-state index in [0.717, 1.165) is 5.56 Å². The largest absolute Gasteiger partial charge is 0.497 e. The average molecular weight is 335 g/mol. The van der Waals surface area contributed by atoms with Crippen molar-refractivity contribution in [2.45, 2.75) is 25.9 Å². The van der Waals surface area contributed by atoms with Crippen LogP contribution in [0.4, 0.5) is 0 Å². The van der Waals surface area contributed by atoms with Gasteiger partial charge in [0.25, 0.3) is 0 Å². The van der Waals surface area contributed by atoms with Crippen LogP contribution in [0, 0.1) is 0 Å². The molecule has 1 aromatic rings. The number of benzene rings is 1. The molecule has 1 heterocycles. The molecule has 2 rings (SSSR count). The second kappa shape index (κ2) is 8.54. The van der Waals surface area contributed by atoms with Crippen LogP contribution in [0.15, 0.2) is 18.2 Å². The summed E-state index contributed by atoms with van der Waals surface area (Å²) >= 11 is 0. The highest BCUT2D eigenvalue weighted by atomic mass is 16.5. The smallest absolute Gasteiger partial charge is 0.237 e. The molecule has 0 bridgehead atoms. The van der Waals surface area contributed by atoms with Crippen molar-refractivity contribution in [3.63, 3.8) is 0 Å². The van der Waals surface area contributed by atoms with Gasteiger partial charge in [0.1, 0.15) is 11.5 Å². The Bertz CT molecular complexity index is 569. The third kappa shape index (κ3) is 4.61. The van der Waals surface area contributed by atoms with Crippen LogP contribution in [0.2, 0.25) is 0 Å². The maximum absolute atomic E-state index is 12.2. The monoisotopic (exact) mass is 335 g/mol. The minimum atomic E-state index is -0.470. The molecule has 24 heavy (non-hydrogen) atoms. The molecule has 1 aliphatic heterocycles. The van der Waals surface area contributed by atoms with Gasteiger partial charge in [-0.25, -0.2) is 0 Å². The molecular weight excluding hydrogens is 310 g/mol. The highest BCUT2D eigenvalue weighted by Gasteiger charge is 2.31. The van der Waals surface area contributed by atoms with Gasteiger partial charge in [0.05, 0.1) is 26.7 Å². The molecule has 2 amide bonds. The van der Waals surface area contributed by atoms with Crippen LogP contribution in [-0.4, -0.2) is 56.6 Å². The molecule has 1 atom stereocenters. The van der Waals surface area contributed by atoms with E-state index < -0.39 is 6.04 Å². The zero-order chi connectivity index (χ0) is 17.5. The summed E-state index contributed by atoms with van der Waals surface area (Å²) in [7, 11) is 3.20. The van der Waals surface area contributed by atoms with Crippen LogP contribution in [0.25, 0.3) is 0 Å². The zero-order valence-corrected chi connectivity index (χ0v) is 14.4. The van der Waals surface area contributed by atoms with E-state index in [1.54, 1.807) is 20.3 Å². The molecule has 0 spiro atoms. The van der Waals surface area contributed by atoms with Crippen molar-refractivity contribution >= 4 is 11.8 Å². The fourth-order valence-electron chi connectivity index (χ4n) is 2.81. The van der Waals surface area contributed by atoms with E-state index in [1.807, 2.05) is 24.0 Å². The first-order chi connectivity index (χ1) is 11.6. The molecule has 0 aliphatic carbocycles. The minimum absolute atomic E-state index is 0.109. The molecule has 0 unspecified atom stereocenters. The molecule has 2 N–H and O–H groups in total. The minimum Gasteiger partial charge on any atom is -0.497 e. The number of ether oxygens (including phenoxy) is 2. The fraction of sp³-hybridized carbons (Fsp3) is 0.529. The average Bonchev–Trinajstić information content (AvgIpc) is 2.57. The van der Waals surface area contributed by atoms with Gasteiger partial charge in [-0.05, 0) is 24.6 Å². The van der Waals surface area contributed by atoms with Gasteiger partial charge in [-0.1, -0.05) is 0 Å². The standard InChI is InChI=1S/C17H25N3O4/c1-4-18-16(21)10-15-17(22)19-5-6-20(15)11-12-7-13(23-2)9-14(8-12)24-3/h7-9,15H,4-6,10-11H2,1-3H3,(H,18,21)(H,19,22)/t15-/m0/s1. The predicted octanol–water partition coefficient (Wildman–Crippen LogP) is 0.530. The summed E-state index contributed by atoms with van der Waals surface area (Å²) in [5.74, 6) is 1.17. The highest BCUT2D eigenvalue weighted by Crippen LogP contribution is 2.24. The lowest BCUT2D eigenvalue weighted by Gasteiger charge is -2.34. The molecule has 0 saturated carbocycles. The van der Waals surface area contributed by atoms with Gasteiger partial charge in [-0.3, -0.25) is 14.5 Å². The summed E-state index contributed by atoms with van der Waals surface area (Å²) in [6.07, 6.45) is 0.154. The third-order valence-corrected chi connectivity index (χ3v) is 3.99.